The van der Waals surface area contributed by atoms with Crippen LogP contribution in [0.15, 0.2) is 41.0 Å². The van der Waals surface area contributed by atoms with Gasteiger partial charge in [-0.25, -0.2) is 9.97 Å². The Morgan fingerprint density at radius 1 is 1.24 bits per heavy atom. The minimum absolute atomic E-state index is 0.156. The van der Waals surface area contributed by atoms with E-state index in [1.54, 1.807) is 6.07 Å². The van der Waals surface area contributed by atoms with Crippen molar-refractivity contribution in [2.45, 2.75) is 13.3 Å². The van der Waals surface area contributed by atoms with Gasteiger partial charge in [-0.3, -0.25) is 4.79 Å². The Morgan fingerprint density at radius 3 is 2.67 bits per heavy atom. The lowest BCUT2D eigenvalue weighted by Gasteiger charge is -2.07. The van der Waals surface area contributed by atoms with Crippen molar-refractivity contribution >= 4 is 34.4 Å². The van der Waals surface area contributed by atoms with E-state index in [1.807, 2.05) is 31.2 Å². The van der Waals surface area contributed by atoms with E-state index in [0.29, 0.717) is 28.8 Å². The second-order valence-corrected chi connectivity index (χ2v) is 4.77. The molecule has 1 N–H and O–H groups in total. The smallest absolute Gasteiger partial charge is 0.260 e. The number of aromatic nitrogens is 2. The van der Waals surface area contributed by atoms with Crippen molar-refractivity contribution < 1.29 is 9.21 Å². The summed E-state index contributed by atoms with van der Waals surface area (Å²) in [5.74, 6) is 0.549. The largest absolute Gasteiger partial charge is 0.469 e. The van der Waals surface area contributed by atoms with Crippen molar-refractivity contribution in [2.24, 2.45) is 0 Å². The van der Waals surface area contributed by atoms with Gasteiger partial charge in [-0.2, -0.15) is 0 Å². The molecule has 0 spiro atoms. The van der Waals surface area contributed by atoms with E-state index >= 15 is 0 Å². The van der Waals surface area contributed by atoms with Gasteiger partial charge in [-0.05, 0) is 18.2 Å². The van der Waals surface area contributed by atoms with Gasteiger partial charge >= 0.3 is 0 Å². The molecule has 0 unspecified atom stereocenters. The number of hydrogen-bond acceptors (Lipinski definition) is 4. The Balaban J connectivity index is 1.94. The van der Waals surface area contributed by atoms with Crippen LogP contribution in [0.2, 0.25) is 5.15 Å². The van der Waals surface area contributed by atoms with Gasteiger partial charge in [0, 0.05) is 6.42 Å². The number of furan rings is 1. The van der Waals surface area contributed by atoms with Crippen LogP contribution in [-0.2, 0) is 6.42 Å². The third-order valence-corrected chi connectivity index (χ3v) is 3.33. The monoisotopic (exact) mass is 301 g/mol. The summed E-state index contributed by atoms with van der Waals surface area (Å²) in [6.07, 6.45) is 2.12. The number of hydrogen-bond donors (Lipinski definition) is 1. The molecule has 106 valence electrons. The summed E-state index contributed by atoms with van der Waals surface area (Å²) in [5, 5.41) is 2.83. The van der Waals surface area contributed by atoms with Gasteiger partial charge in [-0.15, -0.1) is 0 Å². The van der Waals surface area contributed by atoms with Crippen molar-refractivity contribution in [1.82, 2.24) is 9.97 Å². The minimum Gasteiger partial charge on any atom is -0.469 e. The Labute approximate surface area is 126 Å². The third kappa shape index (κ3) is 2.60. The molecule has 1 aromatic carbocycles. The second-order valence-electron chi connectivity index (χ2n) is 4.42. The summed E-state index contributed by atoms with van der Waals surface area (Å²) in [4.78, 5) is 20.8. The number of halogens is 1. The van der Waals surface area contributed by atoms with Gasteiger partial charge in [-0.1, -0.05) is 30.7 Å². The molecule has 0 saturated heterocycles. The van der Waals surface area contributed by atoms with E-state index in [0.717, 1.165) is 0 Å². The molecule has 0 bridgehead atoms. The highest BCUT2D eigenvalue weighted by atomic mass is 35.5. The van der Waals surface area contributed by atoms with Crippen LogP contribution in [0.5, 0.6) is 0 Å². The minimum atomic E-state index is -0.313. The first-order chi connectivity index (χ1) is 10.2. The number of rotatable bonds is 3. The topological polar surface area (TPSA) is 68.0 Å². The number of nitrogens with zero attached hydrogens (tertiary/aromatic N) is 2. The van der Waals surface area contributed by atoms with Crippen molar-refractivity contribution in [3.8, 4) is 0 Å². The van der Waals surface area contributed by atoms with Gasteiger partial charge < -0.3 is 9.73 Å². The maximum Gasteiger partial charge on any atom is 0.260 e. The molecule has 0 saturated carbocycles. The van der Waals surface area contributed by atoms with Crippen LogP contribution in [0, 0.1) is 0 Å². The molecule has 3 rings (SSSR count). The first-order valence-corrected chi connectivity index (χ1v) is 6.87. The molecule has 2 heterocycles. The summed E-state index contributed by atoms with van der Waals surface area (Å²) in [5.41, 5.74) is 1.82. The van der Waals surface area contributed by atoms with Crippen LogP contribution in [0.1, 0.15) is 23.0 Å². The Bertz CT molecular complexity index is 814. The first kappa shape index (κ1) is 13.6. The quantitative estimate of drug-likeness (QED) is 0.801. The molecule has 0 aliphatic rings. The highest BCUT2D eigenvalue weighted by Gasteiger charge is 2.16. The predicted octanol–water partition coefficient (Wildman–Crippen LogP) is 3.69. The van der Waals surface area contributed by atoms with Crippen molar-refractivity contribution in [1.29, 1.82) is 0 Å². The Morgan fingerprint density at radius 2 is 1.95 bits per heavy atom. The van der Waals surface area contributed by atoms with Gasteiger partial charge in [0.15, 0.2) is 11.0 Å². The zero-order valence-corrected chi connectivity index (χ0v) is 12.0. The average molecular weight is 302 g/mol. The highest BCUT2D eigenvalue weighted by Crippen LogP contribution is 2.22. The molecule has 5 nitrogen and oxygen atoms in total. The third-order valence-electron chi connectivity index (χ3n) is 3.07. The number of carbonyl (C=O) groups is 1. The van der Waals surface area contributed by atoms with Crippen LogP contribution in [0.25, 0.3) is 11.0 Å². The average Bonchev–Trinajstić information content (AvgIpc) is 2.96. The highest BCUT2D eigenvalue weighted by molar-refractivity contribution is 6.32. The van der Waals surface area contributed by atoms with Gasteiger partial charge in [0.25, 0.3) is 5.91 Å². The lowest BCUT2D eigenvalue weighted by atomic mass is 10.2. The Kier molecular flexibility index (Phi) is 3.58. The number of fused-ring (bicyclic) bond motifs is 1. The molecule has 0 atom stereocenters. The van der Waals surface area contributed by atoms with Crippen molar-refractivity contribution in [2.75, 3.05) is 5.32 Å². The maximum absolute atomic E-state index is 12.2. The number of nitrogens with one attached hydrogen (secondary N) is 1. The second kappa shape index (κ2) is 5.54. The first-order valence-electron chi connectivity index (χ1n) is 6.49. The zero-order valence-electron chi connectivity index (χ0n) is 11.3. The molecule has 0 aliphatic carbocycles. The van der Waals surface area contributed by atoms with Gasteiger partial charge in [0.05, 0.1) is 22.9 Å². The van der Waals surface area contributed by atoms with Crippen LogP contribution in [0.4, 0.5) is 5.82 Å². The molecule has 1 amide bonds. The van der Waals surface area contributed by atoms with Crippen LogP contribution >= 0.6 is 11.6 Å². The summed E-state index contributed by atoms with van der Waals surface area (Å²) < 4.78 is 5.24. The maximum atomic E-state index is 12.2. The summed E-state index contributed by atoms with van der Waals surface area (Å²) >= 11 is 6.07. The molecule has 6 heteroatoms. The van der Waals surface area contributed by atoms with E-state index in [4.69, 9.17) is 16.0 Å². The number of anilines is 1. The van der Waals surface area contributed by atoms with E-state index < -0.39 is 0 Å². The number of aryl methyl sites for hydroxylation is 1. The number of benzene rings is 1. The van der Waals surface area contributed by atoms with E-state index in [2.05, 4.69) is 15.3 Å². The Hall–Kier alpha value is -2.40. The standard InChI is InChI=1S/C15H12ClN3O2/c1-2-12-9(7-8-21-12)15(20)19-14-13(16)17-10-5-3-4-6-11(10)18-14/h3-8H,2H2,1H3,(H,18,19,20). The van der Waals surface area contributed by atoms with E-state index in [1.165, 1.54) is 6.26 Å². The molecule has 3 aromatic rings. The van der Waals surface area contributed by atoms with Gasteiger partial charge in [0.1, 0.15) is 5.76 Å². The number of para-hydroxylation sites is 2. The predicted molar refractivity (Wildman–Crippen MR) is 80.6 cm³/mol. The molecule has 0 aliphatic heterocycles. The van der Waals surface area contributed by atoms with Gasteiger partial charge in [0.2, 0.25) is 0 Å². The fraction of sp³-hybridized carbons (Fsp3) is 0.133. The fourth-order valence-electron chi connectivity index (χ4n) is 2.05. The molecule has 2 aromatic heterocycles. The van der Waals surface area contributed by atoms with Crippen molar-refractivity contribution in [3.05, 3.63) is 53.1 Å². The molecular weight excluding hydrogens is 290 g/mol. The molecule has 0 radical (unpaired) electrons. The summed E-state index contributed by atoms with van der Waals surface area (Å²) in [6, 6.07) is 8.94. The lowest BCUT2D eigenvalue weighted by molar-refractivity contribution is 0.102. The van der Waals surface area contributed by atoms with Crippen LogP contribution in [-0.4, -0.2) is 15.9 Å². The summed E-state index contributed by atoms with van der Waals surface area (Å²) in [6.45, 7) is 1.92. The van der Waals surface area contributed by atoms with E-state index in [9.17, 15) is 4.79 Å². The zero-order chi connectivity index (χ0) is 14.8. The normalized spacial score (nSPS) is 10.8. The SMILES string of the molecule is CCc1occc1C(=O)Nc1nc2ccccc2nc1Cl. The van der Waals surface area contributed by atoms with Crippen LogP contribution < -0.4 is 5.32 Å². The molecule has 0 fully saturated rings. The summed E-state index contributed by atoms with van der Waals surface area (Å²) in [7, 11) is 0. The number of amides is 1. The lowest BCUT2D eigenvalue weighted by Crippen LogP contribution is -2.14. The number of carbonyl (C=O) groups excluding carboxylic acids is 1. The molecule has 21 heavy (non-hydrogen) atoms. The van der Waals surface area contributed by atoms with Crippen LogP contribution in [0.3, 0.4) is 0 Å². The van der Waals surface area contributed by atoms with E-state index in [-0.39, 0.29) is 16.9 Å². The molecular formula is C15H12ClN3O2. The van der Waals surface area contributed by atoms with Crippen molar-refractivity contribution in [3.63, 3.8) is 0 Å². The fourth-order valence-corrected chi connectivity index (χ4v) is 2.23.